The molecule has 1 radical (unpaired) electrons. The van der Waals surface area contributed by atoms with Gasteiger partial charge in [0.15, 0.2) is 0 Å². The van der Waals surface area contributed by atoms with E-state index >= 15 is 0 Å². The van der Waals surface area contributed by atoms with Gasteiger partial charge in [0.1, 0.15) is 0 Å². The molecule has 1 atom stereocenters. The molecule has 0 saturated heterocycles. The highest BCUT2D eigenvalue weighted by molar-refractivity contribution is 5.45. The molecule has 1 aliphatic carbocycles. The molecule has 2 nitrogen and oxygen atoms in total. The number of rotatable bonds is 5. The van der Waals surface area contributed by atoms with E-state index in [1.165, 1.54) is 37.8 Å². The fourth-order valence-electron chi connectivity index (χ4n) is 2.73. The smallest absolute Gasteiger partial charge is 0.0581 e. The maximum absolute atomic E-state index is 9.30. The summed E-state index contributed by atoms with van der Waals surface area (Å²) in [6.07, 6.45) is 7.03. The molecule has 0 aliphatic heterocycles. The lowest BCUT2D eigenvalue weighted by Gasteiger charge is -2.22. The average Bonchev–Trinajstić information content (AvgIpc) is 2.37. The van der Waals surface area contributed by atoms with Gasteiger partial charge in [-0.05, 0) is 49.8 Å². The lowest BCUT2D eigenvalue weighted by molar-refractivity contribution is 0.221. The Balaban J connectivity index is 1.84. The van der Waals surface area contributed by atoms with Crippen molar-refractivity contribution in [3.63, 3.8) is 0 Å². The molecule has 2 N–H and O–H groups in total. The first-order valence-corrected chi connectivity index (χ1v) is 7.08. The van der Waals surface area contributed by atoms with Crippen molar-refractivity contribution in [3.05, 3.63) is 36.8 Å². The van der Waals surface area contributed by atoms with Crippen LogP contribution in [0.2, 0.25) is 0 Å². The summed E-state index contributed by atoms with van der Waals surface area (Å²) in [6, 6.07) is 8.31. The zero-order chi connectivity index (χ0) is 12.8. The first-order chi connectivity index (χ1) is 8.74. The van der Waals surface area contributed by atoms with Crippen molar-refractivity contribution in [2.45, 2.75) is 44.6 Å². The summed E-state index contributed by atoms with van der Waals surface area (Å²) in [5.41, 5.74) is 2.31. The fourth-order valence-corrected chi connectivity index (χ4v) is 2.73. The highest BCUT2D eigenvalue weighted by atomic mass is 16.3. The molecule has 0 spiro atoms. The van der Waals surface area contributed by atoms with Crippen LogP contribution in [0.4, 0.5) is 5.69 Å². The molecule has 0 amide bonds. The van der Waals surface area contributed by atoms with Crippen molar-refractivity contribution in [2.75, 3.05) is 11.9 Å². The van der Waals surface area contributed by atoms with Crippen LogP contribution < -0.4 is 5.32 Å². The third-order valence-corrected chi connectivity index (χ3v) is 3.72. The average molecular weight is 246 g/mol. The van der Waals surface area contributed by atoms with E-state index in [2.05, 4.69) is 24.4 Å². The second-order valence-corrected chi connectivity index (χ2v) is 5.44. The van der Waals surface area contributed by atoms with Gasteiger partial charge in [-0.25, -0.2) is 0 Å². The molecule has 2 rings (SSSR count). The van der Waals surface area contributed by atoms with Gasteiger partial charge in [0, 0.05) is 12.2 Å². The summed E-state index contributed by atoms with van der Waals surface area (Å²) in [7, 11) is 0. The molecule has 0 bridgehead atoms. The van der Waals surface area contributed by atoms with Crippen LogP contribution in [0.25, 0.3) is 0 Å². The Morgan fingerprint density at radius 1 is 1.28 bits per heavy atom. The van der Waals surface area contributed by atoms with Gasteiger partial charge < -0.3 is 10.4 Å². The highest BCUT2D eigenvalue weighted by Crippen LogP contribution is 2.24. The van der Waals surface area contributed by atoms with Gasteiger partial charge in [-0.2, -0.15) is 0 Å². The number of benzene rings is 1. The lowest BCUT2D eigenvalue weighted by Crippen LogP contribution is -2.17. The van der Waals surface area contributed by atoms with Gasteiger partial charge >= 0.3 is 0 Å². The molecule has 99 valence electrons. The monoisotopic (exact) mass is 246 g/mol. The number of aliphatic hydroxyl groups excluding tert-OH is 1. The highest BCUT2D eigenvalue weighted by Gasteiger charge is 2.12. The zero-order valence-electron chi connectivity index (χ0n) is 11.1. The van der Waals surface area contributed by atoms with E-state index in [9.17, 15) is 5.11 Å². The Morgan fingerprint density at radius 2 is 2.06 bits per heavy atom. The summed E-state index contributed by atoms with van der Waals surface area (Å²) < 4.78 is 0. The van der Waals surface area contributed by atoms with E-state index in [4.69, 9.17) is 0 Å². The number of hydrogen-bond acceptors (Lipinski definition) is 2. The van der Waals surface area contributed by atoms with E-state index in [1.54, 1.807) is 0 Å². The van der Waals surface area contributed by atoms with E-state index in [0.717, 1.165) is 18.0 Å². The van der Waals surface area contributed by atoms with Crippen LogP contribution in [0.15, 0.2) is 24.3 Å². The minimum absolute atomic E-state index is 0.515. The molecule has 1 saturated carbocycles. The molecule has 1 fully saturated rings. The molecule has 1 aromatic rings. The Hall–Kier alpha value is -1.02. The van der Waals surface area contributed by atoms with Crippen molar-refractivity contribution in [1.29, 1.82) is 0 Å². The van der Waals surface area contributed by atoms with Crippen molar-refractivity contribution >= 4 is 5.69 Å². The number of nitrogens with one attached hydrogen (secondary N) is 1. The Morgan fingerprint density at radius 3 is 2.78 bits per heavy atom. The quantitative estimate of drug-likeness (QED) is 0.834. The van der Waals surface area contributed by atoms with Crippen LogP contribution in [0.3, 0.4) is 0 Å². The minimum Gasteiger partial charge on any atom is -0.393 e. The van der Waals surface area contributed by atoms with Crippen molar-refractivity contribution in [2.24, 2.45) is 5.92 Å². The first-order valence-electron chi connectivity index (χ1n) is 7.08. The summed E-state index contributed by atoms with van der Waals surface area (Å²) in [4.78, 5) is 0. The number of anilines is 1. The SMILES string of the molecule is [CH2]C(O)Cc1cccc(NCC2CCCCC2)c1. The van der Waals surface area contributed by atoms with E-state index in [-0.39, 0.29) is 0 Å². The van der Waals surface area contributed by atoms with Gasteiger partial charge in [-0.15, -0.1) is 0 Å². The summed E-state index contributed by atoms with van der Waals surface area (Å²) >= 11 is 0. The van der Waals surface area contributed by atoms with Gasteiger partial charge in [-0.3, -0.25) is 0 Å². The second kappa shape index (κ2) is 6.79. The van der Waals surface area contributed by atoms with E-state index < -0.39 is 6.10 Å². The third-order valence-electron chi connectivity index (χ3n) is 3.72. The predicted octanol–water partition coefficient (Wildman–Crippen LogP) is 3.42. The van der Waals surface area contributed by atoms with E-state index in [1.807, 2.05) is 12.1 Å². The number of aliphatic hydroxyl groups is 1. The number of hydrogen-bond donors (Lipinski definition) is 2. The van der Waals surface area contributed by atoms with Crippen LogP contribution in [-0.2, 0) is 6.42 Å². The predicted molar refractivity (Wildman–Crippen MR) is 76.6 cm³/mol. The Bertz CT molecular complexity index is 356. The molecule has 18 heavy (non-hydrogen) atoms. The zero-order valence-corrected chi connectivity index (χ0v) is 11.1. The summed E-state index contributed by atoms with van der Waals surface area (Å²) in [5.74, 6) is 0.834. The van der Waals surface area contributed by atoms with Crippen molar-refractivity contribution < 1.29 is 5.11 Å². The third kappa shape index (κ3) is 4.34. The van der Waals surface area contributed by atoms with Crippen LogP contribution in [-0.4, -0.2) is 17.8 Å². The second-order valence-electron chi connectivity index (χ2n) is 5.44. The summed E-state index contributed by atoms with van der Waals surface area (Å²) in [5, 5.41) is 12.8. The molecular formula is C16H24NO. The minimum atomic E-state index is -0.515. The maximum atomic E-state index is 9.30. The molecule has 0 heterocycles. The molecule has 1 aliphatic rings. The van der Waals surface area contributed by atoms with Crippen LogP contribution in [0.5, 0.6) is 0 Å². The molecule has 2 heteroatoms. The topological polar surface area (TPSA) is 32.3 Å². The summed E-state index contributed by atoms with van der Waals surface area (Å²) in [6.45, 7) is 4.70. The van der Waals surface area contributed by atoms with Gasteiger partial charge in [0.25, 0.3) is 0 Å². The van der Waals surface area contributed by atoms with Crippen molar-refractivity contribution in [1.82, 2.24) is 0 Å². The van der Waals surface area contributed by atoms with Crippen LogP contribution >= 0.6 is 0 Å². The normalized spacial score (nSPS) is 18.6. The van der Waals surface area contributed by atoms with Crippen molar-refractivity contribution in [3.8, 4) is 0 Å². The lowest BCUT2D eigenvalue weighted by atomic mass is 9.89. The van der Waals surface area contributed by atoms with Crippen LogP contribution in [0.1, 0.15) is 37.7 Å². The standard InChI is InChI=1S/C16H24NO/c1-13(18)10-15-8-5-9-16(11-15)17-12-14-6-3-2-4-7-14/h5,8-9,11,13-14,17-18H,1-4,6-7,10,12H2. The van der Waals surface area contributed by atoms with Gasteiger partial charge in [0.2, 0.25) is 0 Å². The molecule has 1 unspecified atom stereocenters. The van der Waals surface area contributed by atoms with E-state index in [0.29, 0.717) is 6.42 Å². The Kier molecular flexibility index (Phi) is 5.06. The largest absolute Gasteiger partial charge is 0.393 e. The maximum Gasteiger partial charge on any atom is 0.0581 e. The first kappa shape index (κ1) is 13.4. The molecule has 0 aromatic heterocycles. The van der Waals surface area contributed by atoms with Gasteiger partial charge in [0.05, 0.1) is 6.10 Å². The fraction of sp³-hybridized carbons (Fsp3) is 0.562. The Labute approximate surface area is 110 Å². The molecular weight excluding hydrogens is 222 g/mol. The molecule has 1 aromatic carbocycles. The van der Waals surface area contributed by atoms with Gasteiger partial charge in [-0.1, -0.05) is 31.4 Å². The van der Waals surface area contributed by atoms with Crippen LogP contribution in [0, 0.1) is 12.8 Å².